The Morgan fingerprint density at radius 2 is 2.19 bits per heavy atom. The molecule has 2 aliphatic carbocycles. The lowest BCUT2D eigenvalue weighted by Crippen LogP contribution is -2.78. The standard InChI is InChI=1S/C20H23F2NO3/c1-3-9-23-10-8-18-15-12-4-5-13(25-2)16(15)26-17(18)20(21,22)7-6-19(18,24)14(23)11-12/h3-5,14,17,24H,1,6-11H2,2H3/t14-,17-,18+,19-/m0/s1. The lowest BCUT2D eigenvalue weighted by molar-refractivity contribution is -0.247. The molecule has 6 heteroatoms. The number of ether oxygens (including phenoxy) is 2. The fourth-order valence-electron chi connectivity index (χ4n) is 6.10. The molecule has 1 spiro atoms. The molecule has 4 nitrogen and oxygen atoms in total. The molecule has 2 bridgehead atoms. The van der Waals surface area contributed by atoms with Crippen LogP contribution in [0.3, 0.4) is 0 Å². The lowest BCUT2D eigenvalue weighted by Gasteiger charge is -2.63. The first kappa shape index (κ1) is 16.5. The van der Waals surface area contributed by atoms with Gasteiger partial charge in [-0.05, 0) is 37.4 Å². The molecule has 1 aromatic rings. The monoisotopic (exact) mass is 363 g/mol. The van der Waals surface area contributed by atoms with Crippen LogP contribution in [-0.4, -0.2) is 53.9 Å². The van der Waals surface area contributed by atoms with E-state index in [4.69, 9.17) is 9.47 Å². The third kappa shape index (κ3) is 1.66. The fraction of sp³-hybridized carbons (Fsp3) is 0.600. The van der Waals surface area contributed by atoms with Gasteiger partial charge in [-0.25, -0.2) is 8.78 Å². The van der Waals surface area contributed by atoms with Gasteiger partial charge in [0.15, 0.2) is 17.6 Å². The Hall–Kier alpha value is -1.66. The number of nitrogens with zero attached hydrogens (tertiary/aromatic N) is 1. The van der Waals surface area contributed by atoms with Crippen molar-refractivity contribution in [2.75, 3.05) is 20.2 Å². The van der Waals surface area contributed by atoms with Gasteiger partial charge in [-0.3, -0.25) is 4.90 Å². The van der Waals surface area contributed by atoms with Crippen LogP contribution in [0.15, 0.2) is 24.8 Å². The smallest absolute Gasteiger partial charge is 0.285 e. The Balaban J connectivity index is 1.79. The first-order valence-electron chi connectivity index (χ1n) is 9.21. The third-order valence-corrected chi connectivity index (χ3v) is 7.12. The Bertz CT molecular complexity index is 798. The van der Waals surface area contributed by atoms with Gasteiger partial charge >= 0.3 is 0 Å². The lowest BCUT2D eigenvalue weighted by atomic mass is 9.48. The van der Waals surface area contributed by atoms with Crippen molar-refractivity contribution in [2.24, 2.45) is 0 Å². The Labute approximate surface area is 151 Å². The van der Waals surface area contributed by atoms with Crippen LogP contribution in [0.2, 0.25) is 0 Å². The van der Waals surface area contributed by atoms with Crippen molar-refractivity contribution in [1.29, 1.82) is 0 Å². The SMILES string of the molecule is C=CCN1CC[C@@]23c4c5ccc(OC)c4O[C@@H]2C(F)(F)CC[C@]3(O)[C@@H]1C5. The molecule has 4 atom stereocenters. The summed E-state index contributed by atoms with van der Waals surface area (Å²) in [5.74, 6) is -2.10. The van der Waals surface area contributed by atoms with Crippen LogP contribution in [0.5, 0.6) is 11.5 Å². The molecule has 5 rings (SSSR count). The summed E-state index contributed by atoms with van der Waals surface area (Å²) in [5.41, 5.74) is -0.553. The molecule has 1 N–H and O–H groups in total. The molecule has 2 fully saturated rings. The normalized spacial score (nSPS) is 39.1. The summed E-state index contributed by atoms with van der Waals surface area (Å²) in [6.07, 6.45) is 1.26. The van der Waals surface area contributed by atoms with E-state index in [0.717, 1.165) is 11.1 Å². The predicted octanol–water partition coefficient (Wildman–Crippen LogP) is 2.67. The van der Waals surface area contributed by atoms with Crippen LogP contribution >= 0.6 is 0 Å². The van der Waals surface area contributed by atoms with E-state index in [2.05, 4.69) is 11.5 Å². The van der Waals surface area contributed by atoms with Crippen LogP contribution in [0, 0.1) is 0 Å². The number of piperidine rings is 1. The number of hydrogen-bond donors (Lipinski definition) is 1. The van der Waals surface area contributed by atoms with E-state index in [1.54, 1.807) is 6.07 Å². The van der Waals surface area contributed by atoms with Gasteiger partial charge in [0.25, 0.3) is 5.92 Å². The summed E-state index contributed by atoms with van der Waals surface area (Å²) in [4.78, 5) is 2.18. The zero-order valence-corrected chi connectivity index (χ0v) is 14.8. The van der Waals surface area contributed by atoms with Crippen LogP contribution in [0.25, 0.3) is 0 Å². The van der Waals surface area contributed by atoms with E-state index in [1.807, 2.05) is 12.1 Å². The van der Waals surface area contributed by atoms with Crippen LogP contribution in [0.1, 0.15) is 30.4 Å². The molecule has 2 heterocycles. The number of alkyl halides is 2. The number of aliphatic hydroxyl groups is 1. The Morgan fingerprint density at radius 3 is 2.92 bits per heavy atom. The third-order valence-electron chi connectivity index (χ3n) is 7.12. The van der Waals surface area contributed by atoms with Crippen molar-refractivity contribution < 1.29 is 23.4 Å². The fourth-order valence-corrected chi connectivity index (χ4v) is 6.10. The second-order valence-electron chi connectivity index (χ2n) is 8.04. The summed E-state index contributed by atoms with van der Waals surface area (Å²) in [7, 11) is 1.52. The summed E-state index contributed by atoms with van der Waals surface area (Å²) in [6.45, 7) is 5.10. The molecule has 2 aliphatic heterocycles. The minimum Gasteiger partial charge on any atom is -0.493 e. The van der Waals surface area contributed by atoms with Crippen molar-refractivity contribution in [2.45, 2.75) is 54.8 Å². The van der Waals surface area contributed by atoms with E-state index in [-0.39, 0.29) is 18.9 Å². The van der Waals surface area contributed by atoms with Crippen LogP contribution in [0.4, 0.5) is 8.78 Å². The minimum absolute atomic E-state index is 0.0776. The molecule has 1 saturated heterocycles. The van der Waals surface area contributed by atoms with Crippen molar-refractivity contribution in [3.8, 4) is 11.5 Å². The average Bonchev–Trinajstić information content (AvgIpc) is 2.97. The highest BCUT2D eigenvalue weighted by molar-refractivity contribution is 5.63. The van der Waals surface area contributed by atoms with Gasteiger partial charge in [0.2, 0.25) is 0 Å². The molecule has 0 amide bonds. The van der Waals surface area contributed by atoms with Gasteiger partial charge in [-0.15, -0.1) is 6.58 Å². The average molecular weight is 363 g/mol. The second-order valence-corrected chi connectivity index (χ2v) is 8.04. The van der Waals surface area contributed by atoms with Crippen LogP contribution in [-0.2, 0) is 11.8 Å². The molecule has 1 saturated carbocycles. The maximum absolute atomic E-state index is 15.0. The van der Waals surface area contributed by atoms with E-state index in [1.165, 1.54) is 7.11 Å². The largest absolute Gasteiger partial charge is 0.493 e. The molecular weight excluding hydrogens is 340 g/mol. The second kappa shape index (κ2) is 4.98. The Kier molecular flexibility index (Phi) is 3.17. The topological polar surface area (TPSA) is 41.9 Å². The van der Waals surface area contributed by atoms with Crippen molar-refractivity contribution in [3.05, 3.63) is 35.9 Å². The molecule has 1 aromatic carbocycles. The van der Waals surface area contributed by atoms with E-state index in [0.29, 0.717) is 37.4 Å². The first-order chi connectivity index (χ1) is 12.4. The summed E-state index contributed by atoms with van der Waals surface area (Å²) < 4.78 is 41.3. The van der Waals surface area contributed by atoms with Gasteiger partial charge in [-0.1, -0.05) is 12.1 Å². The van der Waals surface area contributed by atoms with Gasteiger partial charge in [0, 0.05) is 24.6 Å². The highest BCUT2D eigenvalue weighted by Gasteiger charge is 2.77. The minimum atomic E-state index is -2.98. The molecule has 0 unspecified atom stereocenters. The summed E-state index contributed by atoms with van der Waals surface area (Å²) in [6, 6.07) is 3.53. The zero-order valence-electron chi connectivity index (χ0n) is 14.8. The molecule has 0 aromatic heterocycles. The number of rotatable bonds is 3. The molecule has 26 heavy (non-hydrogen) atoms. The summed E-state index contributed by atoms with van der Waals surface area (Å²) >= 11 is 0. The van der Waals surface area contributed by atoms with Gasteiger partial charge < -0.3 is 14.6 Å². The highest BCUT2D eigenvalue weighted by Crippen LogP contribution is 2.67. The molecule has 140 valence electrons. The number of hydrogen-bond acceptors (Lipinski definition) is 4. The first-order valence-corrected chi connectivity index (χ1v) is 9.21. The van der Waals surface area contributed by atoms with Crippen LogP contribution < -0.4 is 9.47 Å². The number of methoxy groups -OCH3 is 1. The van der Waals surface area contributed by atoms with E-state index in [9.17, 15) is 13.9 Å². The van der Waals surface area contributed by atoms with Gasteiger partial charge in [0.05, 0.1) is 18.1 Å². The number of likely N-dealkylation sites (tertiary alicyclic amines) is 1. The molecule has 0 radical (unpaired) electrons. The number of benzene rings is 1. The Morgan fingerprint density at radius 1 is 1.38 bits per heavy atom. The quantitative estimate of drug-likeness (QED) is 0.839. The molecular formula is C20H23F2NO3. The van der Waals surface area contributed by atoms with Gasteiger partial charge in [-0.2, -0.15) is 0 Å². The van der Waals surface area contributed by atoms with E-state index < -0.39 is 23.0 Å². The highest BCUT2D eigenvalue weighted by atomic mass is 19.3. The maximum Gasteiger partial charge on any atom is 0.285 e. The van der Waals surface area contributed by atoms with E-state index >= 15 is 0 Å². The maximum atomic E-state index is 15.0. The number of halogens is 2. The van der Waals surface area contributed by atoms with Crippen molar-refractivity contribution >= 4 is 0 Å². The zero-order chi connectivity index (χ0) is 18.3. The summed E-state index contributed by atoms with van der Waals surface area (Å²) in [5, 5.41) is 11.9. The van der Waals surface area contributed by atoms with Crippen molar-refractivity contribution in [3.63, 3.8) is 0 Å². The molecule has 4 aliphatic rings. The van der Waals surface area contributed by atoms with Gasteiger partial charge in [0.1, 0.15) is 0 Å². The van der Waals surface area contributed by atoms with Crippen molar-refractivity contribution in [1.82, 2.24) is 4.90 Å². The predicted molar refractivity (Wildman–Crippen MR) is 92.1 cm³/mol.